The van der Waals surface area contributed by atoms with Crippen LogP contribution in [0.3, 0.4) is 0 Å². The molecule has 0 aromatic heterocycles. The van der Waals surface area contributed by atoms with Crippen molar-refractivity contribution in [3.8, 4) is 0 Å². The summed E-state index contributed by atoms with van der Waals surface area (Å²) in [5, 5.41) is 5.97. The van der Waals surface area contributed by atoms with Gasteiger partial charge in [0.1, 0.15) is 0 Å². The van der Waals surface area contributed by atoms with Crippen LogP contribution in [0.4, 0.5) is 5.69 Å². The second-order valence-electron chi connectivity index (χ2n) is 4.79. The molecule has 5 nitrogen and oxygen atoms in total. The topological polar surface area (TPSA) is 61.4 Å². The molecule has 1 rings (SSSR count). The lowest BCUT2D eigenvalue weighted by atomic mass is 10.1. The van der Waals surface area contributed by atoms with E-state index < -0.39 is 0 Å². The predicted molar refractivity (Wildman–Crippen MR) is 80.4 cm³/mol. The van der Waals surface area contributed by atoms with Gasteiger partial charge in [-0.2, -0.15) is 0 Å². The highest BCUT2D eigenvalue weighted by Crippen LogP contribution is 2.14. The molecule has 0 aliphatic carbocycles. The maximum atomic E-state index is 12.0. The number of carbonyl (C=O) groups excluding carboxylic acids is 2. The van der Waals surface area contributed by atoms with Crippen molar-refractivity contribution >= 4 is 17.5 Å². The van der Waals surface area contributed by atoms with Crippen LogP contribution < -0.4 is 10.6 Å². The van der Waals surface area contributed by atoms with Crippen molar-refractivity contribution in [2.75, 3.05) is 18.9 Å². The molecule has 0 radical (unpaired) electrons. The predicted octanol–water partition coefficient (Wildman–Crippen LogP) is 1.60. The number of carbonyl (C=O) groups is 2. The molecule has 1 unspecified atom stereocenters. The third kappa shape index (κ3) is 4.66. The Kier molecular flexibility index (Phi) is 6.18. The molecule has 1 atom stereocenters. The Morgan fingerprint density at radius 3 is 2.55 bits per heavy atom. The number of nitrogens with one attached hydrogen (secondary N) is 2. The second kappa shape index (κ2) is 7.65. The van der Waals surface area contributed by atoms with E-state index in [2.05, 4.69) is 10.6 Å². The molecule has 0 saturated carbocycles. The van der Waals surface area contributed by atoms with Gasteiger partial charge < -0.3 is 15.5 Å². The SMILES string of the molecule is CCN(C)C(=O)C(C)NCc1ccccc1NC(C)=O. The van der Waals surface area contributed by atoms with E-state index in [0.717, 1.165) is 11.3 Å². The smallest absolute Gasteiger partial charge is 0.239 e. The molecule has 5 heteroatoms. The highest BCUT2D eigenvalue weighted by Gasteiger charge is 2.16. The summed E-state index contributed by atoms with van der Waals surface area (Å²) < 4.78 is 0. The number of anilines is 1. The third-order valence-corrected chi connectivity index (χ3v) is 3.15. The maximum absolute atomic E-state index is 12.0. The van der Waals surface area contributed by atoms with Crippen LogP contribution in [0, 0.1) is 0 Å². The Hall–Kier alpha value is -1.88. The standard InChI is InChI=1S/C15H23N3O2/c1-5-18(4)15(20)11(2)16-10-13-8-6-7-9-14(13)17-12(3)19/h6-9,11,16H,5,10H2,1-4H3,(H,17,19). The van der Waals surface area contributed by atoms with E-state index in [1.165, 1.54) is 6.92 Å². The van der Waals surface area contributed by atoms with Crippen LogP contribution >= 0.6 is 0 Å². The highest BCUT2D eigenvalue weighted by atomic mass is 16.2. The number of benzene rings is 1. The Morgan fingerprint density at radius 1 is 1.30 bits per heavy atom. The lowest BCUT2D eigenvalue weighted by Gasteiger charge is -2.21. The van der Waals surface area contributed by atoms with Crippen molar-refractivity contribution in [3.63, 3.8) is 0 Å². The molecule has 0 fully saturated rings. The molecule has 1 aromatic carbocycles. The Labute approximate surface area is 120 Å². The van der Waals surface area contributed by atoms with E-state index in [9.17, 15) is 9.59 Å². The van der Waals surface area contributed by atoms with E-state index in [0.29, 0.717) is 13.1 Å². The van der Waals surface area contributed by atoms with Gasteiger partial charge in [0, 0.05) is 32.7 Å². The van der Waals surface area contributed by atoms with Gasteiger partial charge in [-0.25, -0.2) is 0 Å². The molecule has 0 aliphatic rings. The van der Waals surface area contributed by atoms with Gasteiger partial charge in [0.05, 0.1) is 6.04 Å². The average molecular weight is 277 g/mol. The number of amides is 2. The zero-order valence-electron chi connectivity index (χ0n) is 12.6. The van der Waals surface area contributed by atoms with Crippen LogP contribution in [-0.4, -0.2) is 36.3 Å². The Bertz CT molecular complexity index is 474. The van der Waals surface area contributed by atoms with Gasteiger partial charge in [-0.15, -0.1) is 0 Å². The van der Waals surface area contributed by atoms with Gasteiger partial charge in [-0.1, -0.05) is 18.2 Å². The lowest BCUT2D eigenvalue weighted by molar-refractivity contribution is -0.131. The number of likely N-dealkylation sites (N-methyl/N-ethyl adjacent to an activating group) is 1. The minimum absolute atomic E-state index is 0.0597. The fraction of sp³-hybridized carbons (Fsp3) is 0.467. The summed E-state index contributed by atoms with van der Waals surface area (Å²) in [6.07, 6.45) is 0. The van der Waals surface area contributed by atoms with Gasteiger partial charge in [-0.3, -0.25) is 9.59 Å². The van der Waals surface area contributed by atoms with Gasteiger partial charge >= 0.3 is 0 Å². The molecule has 0 saturated heterocycles. The fourth-order valence-electron chi connectivity index (χ4n) is 1.82. The maximum Gasteiger partial charge on any atom is 0.239 e. The average Bonchev–Trinajstić information content (AvgIpc) is 2.43. The summed E-state index contributed by atoms with van der Waals surface area (Å²) >= 11 is 0. The van der Waals surface area contributed by atoms with Crippen molar-refractivity contribution in [2.24, 2.45) is 0 Å². The number of para-hydroxylation sites is 1. The van der Waals surface area contributed by atoms with Crippen molar-refractivity contribution in [1.82, 2.24) is 10.2 Å². The Balaban J connectivity index is 2.65. The molecule has 0 heterocycles. The van der Waals surface area contributed by atoms with Gasteiger partial charge in [0.15, 0.2) is 0 Å². The van der Waals surface area contributed by atoms with Crippen LogP contribution in [0.15, 0.2) is 24.3 Å². The van der Waals surface area contributed by atoms with E-state index in [1.807, 2.05) is 38.1 Å². The highest BCUT2D eigenvalue weighted by molar-refractivity contribution is 5.89. The molecular weight excluding hydrogens is 254 g/mol. The van der Waals surface area contributed by atoms with Crippen LogP contribution in [-0.2, 0) is 16.1 Å². The van der Waals surface area contributed by atoms with Crippen LogP contribution in [0.25, 0.3) is 0 Å². The van der Waals surface area contributed by atoms with E-state index in [4.69, 9.17) is 0 Å². The second-order valence-corrected chi connectivity index (χ2v) is 4.79. The van der Waals surface area contributed by atoms with Gasteiger partial charge in [-0.05, 0) is 25.5 Å². The van der Waals surface area contributed by atoms with E-state index in [-0.39, 0.29) is 17.9 Å². The van der Waals surface area contributed by atoms with Gasteiger partial charge in [0.2, 0.25) is 11.8 Å². The summed E-state index contributed by atoms with van der Waals surface area (Å²) in [6.45, 7) is 6.48. The number of hydrogen-bond donors (Lipinski definition) is 2. The normalized spacial score (nSPS) is 11.8. The first-order valence-electron chi connectivity index (χ1n) is 6.79. The summed E-state index contributed by atoms with van der Waals surface area (Å²) in [5.41, 5.74) is 1.73. The molecule has 20 heavy (non-hydrogen) atoms. The Morgan fingerprint density at radius 2 is 1.95 bits per heavy atom. The third-order valence-electron chi connectivity index (χ3n) is 3.15. The summed E-state index contributed by atoms with van der Waals surface area (Å²) in [4.78, 5) is 24.8. The molecule has 1 aromatic rings. The van der Waals surface area contributed by atoms with E-state index in [1.54, 1.807) is 11.9 Å². The minimum Gasteiger partial charge on any atom is -0.345 e. The quantitative estimate of drug-likeness (QED) is 0.830. The molecule has 2 N–H and O–H groups in total. The monoisotopic (exact) mass is 277 g/mol. The fourth-order valence-corrected chi connectivity index (χ4v) is 1.82. The summed E-state index contributed by atoms with van der Waals surface area (Å²) in [6, 6.07) is 7.30. The van der Waals surface area contributed by atoms with Crippen molar-refractivity contribution in [1.29, 1.82) is 0 Å². The molecular formula is C15H23N3O2. The van der Waals surface area contributed by atoms with Crippen molar-refractivity contribution < 1.29 is 9.59 Å². The first-order valence-corrected chi connectivity index (χ1v) is 6.79. The first-order chi connectivity index (χ1) is 9.45. The van der Waals surface area contributed by atoms with Crippen LogP contribution in [0.1, 0.15) is 26.3 Å². The minimum atomic E-state index is -0.259. The van der Waals surface area contributed by atoms with E-state index >= 15 is 0 Å². The molecule has 0 aliphatic heterocycles. The number of rotatable bonds is 6. The van der Waals surface area contributed by atoms with Crippen molar-refractivity contribution in [2.45, 2.75) is 33.4 Å². The summed E-state index contributed by atoms with van der Waals surface area (Å²) in [7, 11) is 1.78. The largest absolute Gasteiger partial charge is 0.345 e. The lowest BCUT2D eigenvalue weighted by Crippen LogP contribution is -2.42. The number of nitrogens with zero attached hydrogens (tertiary/aromatic N) is 1. The van der Waals surface area contributed by atoms with Crippen LogP contribution in [0.2, 0.25) is 0 Å². The molecule has 0 bridgehead atoms. The summed E-state index contributed by atoms with van der Waals surface area (Å²) in [5.74, 6) is -0.0446. The van der Waals surface area contributed by atoms with Crippen molar-refractivity contribution in [3.05, 3.63) is 29.8 Å². The number of hydrogen-bond acceptors (Lipinski definition) is 3. The molecule has 110 valence electrons. The zero-order valence-corrected chi connectivity index (χ0v) is 12.6. The molecule has 0 spiro atoms. The van der Waals surface area contributed by atoms with Crippen LogP contribution in [0.5, 0.6) is 0 Å². The van der Waals surface area contributed by atoms with Gasteiger partial charge in [0.25, 0.3) is 0 Å². The zero-order chi connectivity index (χ0) is 15.1. The molecule has 2 amide bonds. The first kappa shape index (κ1) is 16.2.